The molecule has 2 amide bonds. The van der Waals surface area contributed by atoms with Gasteiger partial charge in [0.1, 0.15) is 41.3 Å². The van der Waals surface area contributed by atoms with Crippen LogP contribution in [0.15, 0.2) is 60.9 Å². The summed E-state index contributed by atoms with van der Waals surface area (Å²) in [5.41, 5.74) is 0.683. The molecule has 3 aromatic rings. The summed E-state index contributed by atoms with van der Waals surface area (Å²) in [5, 5.41) is 0.192. The predicted molar refractivity (Wildman–Crippen MR) is 140 cm³/mol. The van der Waals surface area contributed by atoms with E-state index >= 15 is 0 Å². The van der Waals surface area contributed by atoms with Gasteiger partial charge in [0.05, 0.1) is 13.7 Å². The van der Waals surface area contributed by atoms with Gasteiger partial charge >= 0.3 is 15.6 Å². The molecule has 0 saturated carbocycles. The summed E-state index contributed by atoms with van der Waals surface area (Å²) in [6.07, 6.45) is 1.49. The van der Waals surface area contributed by atoms with Crippen LogP contribution in [0, 0.1) is 0 Å². The Balaban J connectivity index is 1.13. The van der Waals surface area contributed by atoms with Crippen LogP contribution in [0.4, 0.5) is 10.6 Å². The van der Waals surface area contributed by atoms with Crippen LogP contribution in [0.1, 0.15) is 5.56 Å². The molecule has 2 saturated heterocycles. The number of benzene rings is 2. The number of likely N-dealkylation sites (N-methyl/N-ethyl adjacent to an activating group) is 1. The number of methoxy groups -OCH3 is 1. The molecular formula is C24H24N4O9S2. The van der Waals surface area contributed by atoms with Gasteiger partial charge in [0, 0.05) is 19.5 Å². The molecule has 39 heavy (non-hydrogen) atoms. The van der Waals surface area contributed by atoms with Crippen LogP contribution in [0.25, 0.3) is 0 Å². The number of anilines is 1. The Bertz CT molecular complexity index is 1470. The molecule has 2 aromatic carbocycles. The number of carbonyl (C=O) groups excluding carboxylic acids is 2. The lowest BCUT2D eigenvalue weighted by Gasteiger charge is -2.43. The summed E-state index contributed by atoms with van der Waals surface area (Å²) >= 11 is 0. The molecule has 1 unspecified atom stereocenters. The number of hydrogen-bond donors (Lipinski definition) is 1. The van der Waals surface area contributed by atoms with Gasteiger partial charge in [0.25, 0.3) is 5.91 Å². The van der Waals surface area contributed by atoms with E-state index in [4.69, 9.17) is 21.5 Å². The predicted octanol–water partition coefficient (Wildman–Crippen LogP) is 2.88. The highest BCUT2D eigenvalue weighted by Gasteiger charge is 2.62. The maximum atomic E-state index is 12.2. The fourth-order valence-electron chi connectivity index (χ4n) is 3.84. The number of aromatic nitrogens is 2. The first-order chi connectivity index (χ1) is 18.7. The molecule has 0 aliphatic carbocycles. The van der Waals surface area contributed by atoms with Gasteiger partial charge in [-0.25, -0.2) is 14.8 Å². The molecule has 2 fully saturated rings. The van der Waals surface area contributed by atoms with Gasteiger partial charge in [-0.2, -0.15) is 8.42 Å². The zero-order valence-electron chi connectivity index (χ0n) is 20.8. The summed E-state index contributed by atoms with van der Waals surface area (Å²) in [4.78, 5) is 34.6. The van der Waals surface area contributed by atoms with E-state index in [1.54, 1.807) is 61.7 Å². The Morgan fingerprint density at radius 1 is 0.974 bits per heavy atom. The summed E-state index contributed by atoms with van der Waals surface area (Å²) in [6, 6.07) is 15.8. The Labute approximate surface area is 226 Å². The van der Waals surface area contributed by atoms with Crippen LogP contribution in [0.5, 0.6) is 23.1 Å². The van der Waals surface area contributed by atoms with E-state index in [1.807, 2.05) is 11.9 Å². The standard InChI is InChI=1S/C24H24N4O9S2/c1-28(21-14-22(26-15-25-21)35-19-9-7-17(33-2)8-10-19)11-12-34-18-5-3-16(4-6-18)13-20-23(29)27-24(30)38(20)36-39(31,32)37-38/h3-10,14-15,20H,11-13H2,1-2H3,(H,27,29,30). The van der Waals surface area contributed by atoms with Crippen LogP contribution in [-0.2, 0) is 28.9 Å². The lowest BCUT2D eigenvalue weighted by atomic mass is 10.1. The first-order valence-electron chi connectivity index (χ1n) is 11.6. The Morgan fingerprint density at radius 3 is 2.31 bits per heavy atom. The Morgan fingerprint density at radius 2 is 1.64 bits per heavy atom. The second-order valence-corrected chi connectivity index (χ2v) is 12.4. The third-order valence-electron chi connectivity index (χ3n) is 5.86. The van der Waals surface area contributed by atoms with Gasteiger partial charge in [-0.05, 0) is 42.0 Å². The van der Waals surface area contributed by atoms with Crippen molar-refractivity contribution >= 4 is 38.0 Å². The molecule has 2 aliphatic heterocycles. The van der Waals surface area contributed by atoms with Crippen molar-refractivity contribution in [1.29, 1.82) is 0 Å². The van der Waals surface area contributed by atoms with Crippen molar-refractivity contribution < 1.29 is 39.5 Å². The van der Waals surface area contributed by atoms with Crippen molar-refractivity contribution in [2.24, 2.45) is 0 Å². The lowest BCUT2D eigenvalue weighted by Crippen LogP contribution is -2.38. The smallest absolute Gasteiger partial charge is 0.438 e. The normalized spacial score (nSPS) is 19.6. The van der Waals surface area contributed by atoms with Crippen molar-refractivity contribution in [3.05, 3.63) is 66.5 Å². The minimum absolute atomic E-state index is 0.0695. The van der Waals surface area contributed by atoms with Crippen LogP contribution >= 0.6 is 10.6 Å². The maximum Gasteiger partial charge on any atom is 0.438 e. The first-order valence-corrected chi connectivity index (χ1v) is 14.5. The number of carbonyl (C=O) groups is 2. The molecule has 3 heterocycles. The number of rotatable bonds is 10. The topological polar surface area (TPSA) is 155 Å². The fraction of sp³-hybridized carbons (Fsp3) is 0.250. The first kappa shape index (κ1) is 26.7. The molecule has 1 aromatic heterocycles. The highest BCUT2D eigenvalue weighted by atomic mass is 32.4. The molecule has 0 radical (unpaired) electrons. The molecule has 2 aliphatic rings. The zero-order chi connectivity index (χ0) is 27.6. The lowest BCUT2D eigenvalue weighted by molar-refractivity contribution is -0.119. The number of nitrogens with zero attached hydrogens (tertiary/aromatic N) is 3. The Hall–Kier alpha value is -3.92. The van der Waals surface area contributed by atoms with E-state index in [2.05, 4.69) is 15.3 Å². The summed E-state index contributed by atoms with van der Waals surface area (Å²) < 4.78 is 49.0. The molecule has 5 rings (SSSR count). The molecule has 0 bridgehead atoms. The quantitative estimate of drug-likeness (QED) is 0.377. The van der Waals surface area contributed by atoms with Crippen molar-refractivity contribution in [2.45, 2.75) is 11.7 Å². The number of imide groups is 1. The molecule has 1 atom stereocenters. The third kappa shape index (κ3) is 5.75. The monoisotopic (exact) mass is 576 g/mol. The van der Waals surface area contributed by atoms with Crippen LogP contribution in [0.3, 0.4) is 0 Å². The van der Waals surface area contributed by atoms with Gasteiger partial charge in [0.15, 0.2) is 0 Å². The number of nitrogens with one attached hydrogen (secondary N) is 1. The van der Waals surface area contributed by atoms with E-state index in [0.717, 1.165) is 5.75 Å². The summed E-state index contributed by atoms with van der Waals surface area (Å²) in [5.74, 6) is 2.34. The molecule has 1 N–H and O–H groups in total. The second-order valence-electron chi connectivity index (χ2n) is 8.46. The average Bonchev–Trinajstić information content (AvgIpc) is 3.13. The van der Waals surface area contributed by atoms with E-state index in [9.17, 15) is 18.0 Å². The molecule has 1 spiro atoms. The highest BCUT2D eigenvalue weighted by Crippen LogP contribution is 2.68. The van der Waals surface area contributed by atoms with Gasteiger partial charge in [-0.15, -0.1) is 7.26 Å². The average molecular weight is 577 g/mol. The number of amides is 2. The van der Waals surface area contributed by atoms with Gasteiger partial charge < -0.3 is 19.1 Å². The van der Waals surface area contributed by atoms with Gasteiger partial charge in [0.2, 0.25) is 5.88 Å². The van der Waals surface area contributed by atoms with Crippen molar-refractivity contribution in [3.63, 3.8) is 0 Å². The highest BCUT2D eigenvalue weighted by molar-refractivity contribution is 8.47. The van der Waals surface area contributed by atoms with Crippen LogP contribution in [0.2, 0.25) is 0 Å². The maximum absolute atomic E-state index is 12.2. The summed E-state index contributed by atoms with van der Waals surface area (Å²) in [7, 11) is -3.95. The molecular weight excluding hydrogens is 552 g/mol. The largest absolute Gasteiger partial charge is 0.497 e. The SMILES string of the molecule is COc1ccc(Oc2cc(N(C)CCOc3ccc(CC4C(=O)NC(=O)S45OS(=O)(=O)O5)cc3)ncn2)cc1. The van der Waals surface area contributed by atoms with Crippen molar-refractivity contribution in [3.8, 4) is 23.1 Å². The number of ether oxygens (including phenoxy) is 3. The second kappa shape index (κ2) is 10.7. The van der Waals surface area contributed by atoms with Crippen molar-refractivity contribution in [1.82, 2.24) is 15.3 Å². The summed E-state index contributed by atoms with van der Waals surface area (Å²) in [6.45, 7) is 0.862. The molecule has 15 heteroatoms. The van der Waals surface area contributed by atoms with E-state index in [0.29, 0.717) is 41.9 Å². The third-order valence-corrected chi connectivity index (χ3v) is 10.6. The van der Waals surface area contributed by atoms with E-state index in [-0.39, 0.29) is 6.42 Å². The van der Waals surface area contributed by atoms with Crippen LogP contribution < -0.4 is 24.4 Å². The van der Waals surface area contributed by atoms with E-state index < -0.39 is 37.4 Å². The van der Waals surface area contributed by atoms with Crippen molar-refractivity contribution in [2.75, 3.05) is 32.2 Å². The fourth-order valence-corrected chi connectivity index (χ4v) is 8.37. The van der Waals surface area contributed by atoms with Gasteiger partial charge in [-0.3, -0.25) is 10.1 Å². The minimum Gasteiger partial charge on any atom is -0.497 e. The van der Waals surface area contributed by atoms with Gasteiger partial charge in [-0.1, -0.05) is 22.7 Å². The molecule has 13 nitrogen and oxygen atoms in total. The van der Waals surface area contributed by atoms with E-state index in [1.165, 1.54) is 6.33 Å². The molecule has 206 valence electrons. The zero-order valence-corrected chi connectivity index (χ0v) is 22.4. The Kier molecular flexibility index (Phi) is 7.31. The minimum atomic E-state index is -4.24. The number of hydrogen-bond acceptors (Lipinski definition) is 12. The van der Waals surface area contributed by atoms with Crippen LogP contribution in [-0.4, -0.2) is 62.1 Å².